The molecule has 0 spiro atoms. The van der Waals surface area contributed by atoms with E-state index in [1.165, 1.54) is 0 Å². The highest BCUT2D eigenvalue weighted by molar-refractivity contribution is 9.13. The number of hydrogen-bond acceptors (Lipinski definition) is 4. The monoisotopic (exact) mass is 392 g/mol. The van der Waals surface area contributed by atoms with Gasteiger partial charge in [-0.2, -0.15) is 0 Å². The van der Waals surface area contributed by atoms with Gasteiger partial charge >= 0.3 is 0 Å². The van der Waals surface area contributed by atoms with E-state index < -0.39 is 0 Å². The van der Waals surface area contributed by atoms with Crippen molar-refractivity contribution in [2.45, 2.75) is 13.0 Å². The average molecular weight is 394 g/mol. The summed E-state index contributed by atoms with van der Waals surface area (Å²) in [4.78, 5) is 8.74. The Bertz CT molecular complexity index is 596. The second kappa shape index (κ2) is 4.92. The summed E-state index contributed by atoms with van der Waals surface area (Å²) in [7, 11) is 0. The highest BCUT2D eigenvalue weighted by Gasteiger charge is 2.19. The van der Waals surface area contributed by atoms with Gasteiger partial charge in [-0.15, -0.1) is 0 Å². The van der Waals surface area contributed by atoms with Gasteiger partial charge in [0, 0.05) is 18.1 Å². The quantitative estimate of drug-likeness (QED) is 0.687. The van der Waals surface area contributed by atoms with E-state index in [9.17, 15) is 0 Å². The largest absolute Gasteiger partial charge is 0.445 e. The SMILES string of the molecule is Clc1nc(-c2cc(Br)c(Br)o2)nc2c1COCC2. The molecule has 18 heavy (non-hydrogen) atoms. The Morgan fingerprint density at radius 1 is 1.28 bits per heavy atom. The molecule has 3 heterocycles. The van der Waals surface area contributed by atoms with Crippen LogP contribution in [0, 0.1) is 0 Å². The van der Waals surface area contributed by atoms with Gasteiger partial charge in [-0.05, 0) is 31.9 Å². The minimum absolute atomic E-state index is 0.429. The van der Waals surface area contributed by atoms with Crippen molar-refractivity contribution in [2.75, 3.05) is 6.61 Å². The molecule has 94 valence electrons. The first-order valence-electron chi connectivity index (χ1n) is 5.23. The number of halogens is 3. The smallest absolute Gasteiger partial charge is 0.197 e. The molecule has 0 bridgehead atoms. The van der Waals surface area contributed by atoms with Crippen LogP contribution in [0.4, 0.5) is 0 Å². The zero-order chi connectivity index (χ0) is 12.7. The Morgan fingerprint density at radius 2 is 2.11 bits per heavy atom. The molecule has 0 fully saturated rings. The molecule has 4 nitrogen and oxygen atoms in total. The second-order valence-electron chi connectivity index (χ2n) is 3.80. The number of hydrogen-bond donors (Lipinski definition) is 0. The van der Waals surface area contributed by atoms with Crippen molar-refractivity contribution in [1.82, 2.24) is 9.97 Å². The molecule has 0 atom stereocenters. The molecule has 7 heteroatoms. The maximum atomic E-state index is 6.15. The molecule has 0 aliphatic carbocycles. The van der Waals surface area contributed by atoms with Crippen LogP contribution in [0.3, 0.4) is 0 Å². The van der Waals surface area contributed by atoms with Gasteiger partial charge in [0.05, 0.1) is 23.4 Å². The number of rotatable bonds is 1. The fourth-order valence-corrected chi connectivity index (χ4v) is 2.58. The number of fused-ring (bicyclic) bond motifs is 1. The van der Waals surface area contributed by atoms with Crippen LogP contribution in [0.25, 0.3) is 11.6 Å². The summed E-state index contributed by atoms with van der Waals surface area (Å²) < 4.78 is 12.3. The number of ether oxygens (including phenoxy) is 1. The fraction of sp³-hybridized carbons (Fsp3) is 0.273. The summed E-state index contributed by atoms with van der Waals surface area (Å²) in [6.45, 7) is 1.13. The first-order chi connectivity index (χ1) is 8.65. The van der Waals surface area contributed by atoms with Gasteiger partial charge in [0.25, 0.3) is 0 Å². The van der Waals surface area contributed by atoms with Crippen molar-refractivity contribution < 1.29 is 9.15 Å². The highest BCUT2D eigenvalue weighted by Crippen LogP contribution is 2.33. The Hall–Kier alpha value is -0.430. The van der Waals surface area contributed by atoms with Gasteiger partial charge in [0.1, 0.15) is 5.15 Å². The number of furan rings is 1. The average Bonchev–Trinajstić information content (AvgIpc) is 2.70. The van der Waals surface area contributed by atoms with Crippen molar-refractivity contribution in [3.8, 4) is 11.6 Å². The van der Waals surface area contributed by atoms with Crippen molar-refractivity contribution >= 4 is 43.5 Å². The van der Waals surface area contributed by atoms with Crippen LogP contribution in [-0.4, -0.2) is 16.6 Å². The molecule has 0 saturated heterocycles. The van der Waals surface area contributed by atoms with Crippen LogP contribution in [0.2, 0.25) is 5.15 Å². The van der Waals surface area contributed by atoms with E-state index in [1.807, 2.05) is 6.07 Å². The van der Waals surface area contributed by atoms with Gasteiger partial charge in [0.2, 0.25) is 0 Å². The fourth-order valence-electron chi connectivity index (χ4n) is 1.76. The molecule has 1 aliphatic rings. The van der Waals surface area contributed by atoms with Crippen molar-refractivity contribution in [3.05, 3.63) is 31.6 Å². The Labute approximate surface area is 125 Å². The molecule has 0 saturated carbocycles. The number of nitrogens with zero attached hydrogens (tertiary/aromatic N) is 2. The van der Waals surface area contributed by atoms with Crippen LogP contribution in [0.5, 0.6) is 0 Å². The molecule has 0 unspecified atom stereocenters. The lowest BCUT2D eigenvalue weighted by Gasteiger charge is -2.16. The van der Waals surface area contributed by atoms with Crippen molar-refractivity contribution in [2.24, 2.45) is 0 Å². The summed E-state index contributed by atoms with van der Waals surface area (Å²) >= 11 is 12.8. The third kappa shape index (κ3) is 2.22. The third-order valence-corrected chi connectivity index (χ3v) is 4.66. The molecular formula is C11H7Br2ClN2O2. The van der Waals surface area contributed by atoms with E-state index in [-0.39, 0.29) is 0 Å². The molecule has 3 rings (SSSR count). The molecule has 0 N–H and O–H groups in total. The lowest BCUT2D eigenvalue weighted by molar-refractivity contribution is 0.109. The van der Waals surface area contributed by atoms with E-state index >= 15 is 0 Å². The van der Waals surface area contributed by atoms with Crippen LogP contribution in [-0.2, 0) is 17.8 Å². The Morgan fingerprint density at radius 3 is 2.83 bits per heavy atom. The molecule has 1 aliphatic heterocycles. The van der Waals surface area contributed by atoms with Crippen LogP contribution < -0.4 is 0 Å². The first-order valence-corrected chi connectivity index (χ1v) is 7.20. The van der Waals surface area contributed by atoms with Crippen molar-refractivity contribution in [3.63, 3.8) is 0 Å². The van der Waals surface area contributed by atoms with E-state index in [2.05, 4.69) is 41.8 Å². The minimum Gasteiger partial charge on any atom is -0.445 e. The van der Waals surface area contributed by atoms with Gasteiger partial charge in [0.15, 0.2) is 16.3 Å². The van der Waals surface area contributed by atoms with E-state index in [1.54, 1.807) is 0 Å². The van der Waals surface area contributed by atoms with Gasteiger partial charge in [-0.25, -0.2) is 9.97 Å². The molecule has 0 radical (unpaired) electrons. The molecular weight excluding hydrogens is 387 g/mol. The summed E-state index contributed by atoms with van der Waals surface area (Å²) in [6, 6.07) is 1.81. The predicted molar refractivity (Wildman–Crippen MR) is 73.5 cm³/mol. The van der Waals surface area contributed by atoms with E-state index in [0.29, 0.717) is 34.6 Å². The van der Waals surface area contributed by atoms with E-state index in [4.69, 9.17) is 20.8 Å². The normalized spacial score (nSPS) is 14.6. The summed E-state index contributed by atoms with van der Waals surface area (Å²) in [6.07, 6.45) is 0.744. The van der Waals surface area contributed by atoms with Gasteiger partial charge < -0.3 is 9.15 Å². The summed E-state index contributed by atoms with van der Waals surface area (Å²) in [5.41, 5.74) is 1.80. The van der Waals surface area contributed by atoms with E-state index in [0.717, 1.165) is 22.2 Å². The van der Waals surface area contributed by atoms with Crippen LogP contribution >= 0.6 is 43.5 Å². The zero-order valence-corrected chi connectivity index (χ0v) is 13.0. The van der Waals surface area contributed by atoms with Crippen LogP contribution in [0.15, 0.2) is 19.6 Å². The summed E-state index contributed by atoms with van der Waals surface area (Å²) in [5.74, 6) is 1.07. The first kappa shape index (κ1) is 12.6. The zero-order valence-electron chi connectivity index (χ0n) is 9.04. The molecule has 2 aromatic rings. The number of aromatic nitrogens is 2. The lowest BCUT2D eigenvalue weighted by Crippen LogP contribution is -2.14. The van der Waals surface area contributed by atoms with Gasteiger partial charge in [-0.1, -0.05) is 11.6 Å². The molecule has 0 amide bonds. The second-order valence-corrected chi connectivity index (χ2v) is 5.73. The van der Waals surface area contributed by atoms with Crippen LogP contribution in [0.1, 0.15) is 11.3 Å². The van der Waals surface area contributed by atoms with Crippen molar-refractivity contribution in [1.29, 1.82) is 0 Å². The minimum atomic E-state index is 0.429. The molecule has 2 aromatic heterocycles. The third-order valence-electron chi connectivity index (χ3n) is 2.64. The Balaban J connectivity index is 2.10. The maximum Gasteiger partial charge on any atom is 0.197 e. The highest BCUT2D eigenvalue weighted by atomic mass is 79.9. The predicted octanol–water partition coefficient (Wildman–Crippen LogP) is 3.99. The topological polar surface area (TPSA) is 48.2 Å². The standard InChI is InChI=1S/C11H7Br2ClN2O2/c12-6-3-8(18-9(6)13)11-15-7-1-2-17-4-5(7)10(14)16-11/h3H,1-2,4H2. The molecule has 0 aromatic carbocycles. The Kier molecular flexibility index (Phi) is 3.44. The van der Waals surface area contributed by atoms with Gasteiger partial charge in [-0.3, -0.25) is 0 Å². The lowest BCUT2D eigenvalue weighted by atomic mass is 10.1. The summed E-state index contributed by atoms with van der Waals surface area (Å²) in [5, 5.41) is 0.429. The maximum absolute atomic E-state index is 6.15.